The number of carbonyl (C=O) groups is 1. The maximum Gasteiger partial charge on any atom is 0.225 e. The number of carbonyl (C=O) groups excluding carboxylic acids is 1. The van der Waals surface area contributed by atoms with Crippen LogP contribution >= 0.6 is 0 Å². The summed E-state index contributed by atoms with van der Waals surface area (Å²) in [6.45, 7) is 4.27. The molecule has 0 aliphatic carbocycles. The smallest absolute Gasteiger partial charge is 0.225 e. The average Bonchev–Trinajstić information content (AvgIpc) is 3.07. The molecule has 2 N–H and O–H groups in total. The average molecular weight is 433 g/mol. The fourth-order valence-electron chi connectivity index (χ4n) is 4.97. The van der Waals surface area contributed by atoms with Crippen molar-refractivity contribution in [1.82, 2.24) is 14.7 Å². The minimum Gasteiger partial charge on any atom is -0.481 e. The molecule has 1 amide bonds. The van der Waals surface area contributed by atoms with Gasteiger partial charge >= 0.3 is 0 Å². The molecule has 32 heavy (non-hydrogen) atoms. The van der Waals surface area contributed by atoms with Crippen molar-refractivity contribution in [1.29, 1.82) is 0 Å². The van der Waals surface area contributed by atoms with Gasteiger partial charge in [-0.3, -0.25) is 9.69 Å². The first-order valence-electron chi connectivity index (χ1n) is 11.1. The van der Waals surface area contributed by atoms with Crippen molar-refractivity contribution in [2.45, 2.75) is 32.7 Å². The summed E-state index contributed by atoms with van der Waals surface area (Å²) in [6.07, 6.45) is 2.39. The highest BCUT2D eigenvalue weighted by atomic mass is 16.5. The molecular weight excluding hydrogens is 400 g/mol. The predicted octanol–water partition coefficient (Wildman–Crippen LogP) is 3.71. The number of rotatable bonds is 7. The van der Waals surface area contributed by atoms with Gasteiger partial charge in [-0.15, -0.1) is 0 Å². The Morgan fingerprint density at radius 3 is 2.47 bits per heavy atom. The van der Waals surface area contributed by atoms with E-state index >= 15 is 0 Å². The minimum atomic E-state index is -0.574. The summed E-state index contributed by atoms with van der Waals surface area (Å²) in [6, 6.07) is 18.8. The van der Waals surface area contributed by atoms with Crippen molar-refractivity contribution in [3.63, 3.8) is 0 Å². The van der Waals surface area contributed by atoms with Crippen LogP contribution in [0.4, 0.5) is 0 Å². The zero-order valence-corrected chi connectivity index (χ0v) is 19.2. The van der Waals surface area contributed by atoms with Gasteiger partial charge in [-0.05, 0) is 49.4 Å². The number of amides is 1. The Morgan fingerprint density at radius 2 is 1.81 bits per heavy atom. The summed E-state index contributed by atoms with van der Waals surface area (Å²) >= 11 is 0. The lowest BCUT2D eigenvalue weighted by atomic mass is 9.74. The first-order chi connectivity index (χ1) is 15.4. The van der Waals surface area contributed by atoms with E-state index in [1.54, 1.807) is 11.8 Å². The highest BCUT2D eigenvalue weighted by Crippen LogP contribution is 2.36. The van der Waals surface area contributed by atoms with Crippen LogP contribution in [0.5, 0.6) is 5.88 Å². The van der Waals surface area contributed by atoms with Gasteiger partial charge in [0.1, 0.15) is 0 Å². The van der Waals surface area contributed by atoms with E-state index in [2.05, 4.69) is 46.4 Å². The molecule has 168 valence electrons. The second-order valence-electron chi connectivity index (χ2n) is 8.90. The van der Waals surface area contributed by atoms with Crippen LogP contribution in [-0.2, 0) is 24.8 Å². The molecule has 1 fully saturated rings. The van der Waals surface area contributed by atoms with E-state index in [0.717, 1.165) is 42.1 Å². The number of ether oxygens (including phenoxy) is 1. The lowest BCUT2D eigenvalue weighted by Gasteiger charge is -2.41. The molecule has 0 saturated carbocycles. The van der Waals surface area contributed by atoms with E-state index in [1.807, 2.05) is 32.2 Å². The molecule has 6 nitrogen and oxygen atoms in total. The van der Waals surface area contributed by atoms with E-state index in [4.69, 9.17) is 10.5 Å². The number of nitrogens with two attached hydrogens (primary N) is 1. The van der Waals surface area contributed by atoms with Crippen molar-refractivity contribution in [3.8, 4) is 17.0 Å². The van der Waals surface area contributed by atoms with Crippen LogP contribution in [0.1, 0.15) is 29.7 Å². The second-order valence-corrected chi connectivity index (χ2v) is 8.90. The Kier molecular flexibility index (Phi) is 6.33. The SMILES string of the molecule is COc1c(CN2CCCC(Cc3ccc(-c4ccccc4)cc3)(C(N)=O)C2)c(C)nn1C. The number of aromatic nitrogens is 2. The van der Waals surface area contributed by atoms with Crippen molar-refractivity contribution >= 4 is 5.91 Å². The first kappa shape index (κ1) is 22.1. The molecule has 0 bridgehead atoms. The number of primary amides is 1. The maximum absolute atomic E-state index is 12.7. The van der Waals surface area contributed by atoms with Crippen LogP contribution in [0.3, 0.4) is 0 Å². The third-order valence-corrected chi connectivity index (χ3v) is 6.65. The van der Waals surface area contributed by atoms with Gasteiger partial charge < -0.3 is 10.5 Å². The van der Waals surface area contributed by atoms with Crippen LogP contribution in [0.25, 0.3) is 11.1 Å². The van der Waals surface area contributed by atoms with E-state index in [9.17, 15) is 4.79 Å². The van der Waals surface area contributed by atoms with Crippen LogP contribution in [-0.4, -0.2) is 40.8 Å². The molecule has 1 unspecified atom stereocenters. The van der Waals surface area contributed by atoms with Crippen LogP contribution in [0.15, 0.2) is 54.6 Å². The quantitative estimate of drug-likeness (QED) is 0.618. The third kappa shape index (κ3) is 4.41. The van der Waals surface area contributed by atoms with Gasteiger partial charge in [0.25, 0.3) is 0 Å². The summed E-state index contributed by atoms with van der Waals surface area (Å²) in [5, 5.41) is 4.49. The number of piperidine rings is 1. The van der Waals surface area contributed by atoms with E-state index in [-0.39, 0.29) is 5.91 Å². The standard InChI is InChI=1S/C26H32N4O2/c1-19-23(24(32-3)29(2)28-19)17-30-15-7-14-26(18-30,25(27)31)16-20-10-12-22(13-11-20)21-8-5-4-6-9-21/h4-6,8-13H,7,14-18H2,1-3H3,(H2,27,31). The summed E-state index contributed by atoms with van der Waals surface area (Å²) in [5.41, 5.74) is 11.0. The van der Waals surface area contributed by atoms with Gasteiger partial charge in [-0.2, -0.15) is 5.10 Å². The summed E-state index contributed by atoms with van der Waals surface area (Å²) < 4.78 is 7.33. The topological polar surface area (TPSA) is 73.4 Å². The van der Waals surface area contributed by atoms with Crippen LogP contribution < -0.4 is 10.5 Å². The van der Waals surface area contributed by atoms with E-state index in [0.29, 0.717) is 19.5 Å². The molecule has 0 radical (unpaired) electrons. The molecule has 1 atom stereocenters. The second kappa shape index (κ2) is 9.17. The molecular formula is C26H32N4O2. The Labute approximate surface area is 190 Å². The lowest BCUT2D eigenvalue weighted by Crippen LogP contribution is -2.51. The molecule has 6 heteroatoms. The Hall–Kier alpha value is -3.12. The number of hydrogen-bond donors (Lipinski definition) is 1. The van der Waals surface area contributed by atoms with Gasteiger partial charge in [0.15, 0.2) is 0 Å². The van der Waals surface area contributed by atoms with E-state index < -0.39 is 5.41 Å². The molecule has 2 aromatic carbocycles. The Morgan fingerprint density at radius 1 is 1.12 bits per heavy atom. The zero-order chi connectivity index (χ0) is 22.7. The molecule has 1 saturated heterocycles. The summed E-state index contributed by atoms with van der Waals surface area (Å²) in [7, 11) is 3.56. The number of nitrogens with zero attached hydrogens (tertiary/aromatic N) is 3. The molecule has 0 spiro atoms. The molecule has 1 aliphatic rings. The van der Waals surface area contributed by atoms with Crippen molar-refractivity contribution in [2.24, 2.45) is 18.2 Å². The molecule has 1 aliphatic heterocycles. The van der Waals surface area contributed by atoms with E-state index in [1.165, 1.54) is 11.1 Å². The monoisotopic (exact) mass is 432 g/mol. The number of hydrogen-bond acceptors (Lipinski definition) is 4. The third-order valence-electron chi connectivity index (χ3n) is 6.65. The Bertz CT molecular complexity index is 1080. The number of benzene rings is 2. The van der Waals surface area contributed by atoms with Crippen molar-refractivity contribution in [2.75, 3.05) is 20.2 Å². The largest absolute Gasteiger partial charge is 0.481 e. The maximum atomic E-state index is 12.7. The number of methoxy groups -OCH3 is 1. The minimum absolute atomic E-state index is 0.218. The van der Waals surface area contributed by atoms with Gasteiger partial charge in [0.05, 0.1) is 23.8 Å². The molecule has 4 rings (SSSR count). The Balaban J connectivity index is 1.53. The lowest BCUT2D eigenvalue weighted by molar-refractivity contribution is -0.131. The zero-order valence-electron chi connectivity index (χ0n) is 19.2. The highest BCUT2D eigenvalue weighted by molar-refractivity contribution is 5.81. The van der Waals surface area contributed by atoms with Gasteiger partial charge in [0.2, 0.25) is 11.8 Å². The number of likely N-dealkylation sites (tertiary alicyclic amines) is 1. The normalized spacial score (nSPS) is 19.1. The predicted molar refractivity (Wildman–Crippen MR) is 126 cm³/mol. The van der Waals surface area contributed by atoms with Gasteiger partial charge in [0, 0.05) is 20.1 Å². The highest BCUT2D eigenvalue weighted by Gasteiger charge is 2.41. The number of aryl methyl sites for hydroxylation is 2. The van der Waals surface area contributed by atoms with Crippen molar-refractivity contribution in [3.05, 3.63) is 71.4 Å². The van der Waals surface area contributed by atoms with Crippen LogP contribution in [0.2, 0.25) is 0 Å². The fourth-order valence-corrected chi connectivity index (χ4v) is 4.97. The van der Waals surface area contributed by atoms with Crippen molar-refractivity contribution < 1.29 is 9.53 Å². The summed E-state index contributed by atoms with van der Waals surface area (Å²) in [5.74, 6) is 0.554. The molecule has 2 heterocycles. The molecule has 3 aromatic rings. The fraction of sp³-hybridized carbons (Fsp3) is 0.385. The first-order valence-corrected chi connectivity index (χ1v) is 11.1. The van der Waals surface area contributed by atoms with Gasteiger partial charge in [-0.1, -0.05) is 54.6 Å². The van der Waals surface area contributed by atoms with Crippen LogP contribution in [0, 0.1) is 12.3 Å². The summed E-state index contributed by atoms with van der Waals surface area (Å²) in [4.78, 5) is 15.0. The van der Waals surface area contributed by atoms with Gasteiger partial charge in [-0.25, -0.2) is 4.68 Å². The molecule has 1 aromatic heterocycles.